The summed E-state index contributed by atoms with van der Waals surface area (Å²) in [6.07, 6.45) is 0.554. The number of hydrogen-bond donors (Lipinski definition) is 2. The summed E-state index contributed by atoms with van der Waals surface area (Å²) < 4.78 is 23.0. The zero-order valence-electron chi connectivity index (χ0n) is 11.5. The van der Waals surface area contributed by atoms with Crippen molar-refractivity contribution in [3.8, 4) is 0 Å². The summed E-state index contributed by atoms with van der Waals surface area (Å²) in [5.74, 6) is 0.0711. The molecule has 0 aromatic heterocycles. The maximum absolute atomic E-state index is 12.0. The fraction of sp³-hybridized carbons (Fsp3) is 0.462. The minimum atomic E-state index is -2.97. The quantitative estimate of drug-likeness (QED) is 0.805. The van der Waals surface area contributed by atoms with E-state index in [1.807, 2.05) is 4.90 Å². The maximum Gasteiger partial charge on any atom is 0.238 e. The molecule has 0 radical (unpaired) electrons. The number of nitrogen functional groups attached to an aromatic ring is 1. The average Bonchev–Trinajstić information content (AvgIpc) is 2.54. The van der Waals surface area contributed by atoms with Crippen LogP contribution in [0.25, 0.3) is 0 Å². The molecule has 8 heteroatoms. The van der Waals surface area contributed by atoms with Crippen LogP contribution >= 0.6 is 11.6 Å². The Balaban J connectivity index is 1.92. The second-order valence-electron chi connectivity index (χ2n) is 5.06. The number of nitrogens with one attached hydrogen (secondary N) is 1. The summed E-state index contributed by atoms with van der Waals surface area (Å²) >= 11 is 5.80. The smallest absolute Gasteiger partial charge is 0.238 e. The molecule has 21 heavy (non-hydrogen) atoms. The van der Waals surface area contributed by atoms with E-state index in [-0.39, 0.29) is 24.0 Å². The van der Waals surface area contributed by atoms with Crippen molar-refractivity contribution in [3.05, 3.63) is 23.2 Å². The van der Waals surface area contributed by atoms with E-state index in [2.05, 4.69) is 5.32 Å². The van der Waals surface area contributed by atoms with Crippen LogP contribution in [-0.4, -0.2) is 50.4 Å². The van der Waals surface area contributed by atoms with Crippen LogP contribution in [-0.2, 0) is 14.6 Å². The second-order valence-corrected chi connectivity index (χ2v) is 7.80. The predicted molar refractivity (Wildman–Crippen MR) is 84.2 cm³/mol. The minimum absolute atomic E-state index is 0.101. The SMILES string of the molecule is Nc1cc(Cl)ccc1NC(=O)CN1CCCS(=O)(=O)CC1. The fourth-order valence-corrected chi connectivity index (χ4v) is 3.68. The average molecular weight is 332 g/mol. The van der Waals surface area contributed by atoms with Gasteiger partial charge in [-0.3, -0.25) is 9.69 Å². The van der Waals surface area contributed by atoms with Gasteiger partial charge in [-0.15, -0.1) is 0 Å². The Kier molecular flexibility index (Phi) is 5.08. The first-order chi connectivity index (χ1) is 9.85. The number of nitrogens with zero attached hydrogens (tertiary/aromatic N) is 1. The zero-order chi connectivity index (χ0) is 15.5. The van der Waals surface area contributed by atoms with Crippen molar-refractivity contribution in [2.24, 2.45) is 0 Å². The third-order valence-electron chi connectivity index (χ3n) is 3.30. The van der Waals surface area contributed by atoms with Crippen molar-refractivity contribution >= 4 is 38.7 Å². The van der Waals surface area contributed by atoms with Crippen LogP contribution in [0.15, 0.2) is 18.2 Å². The molecule has 0 aliphatic carbocycles. The van der Waals surface area contributed by atoms with E-state index in [1.165, 1.54) is 0 Å². The lowest BCUT2D eigenvalue weighted by molar-refractivity contribution is -0.117. The van der Waals surface area contributed by atoms with Gasteiger partial charge in [0.15, 0.2) is 9.84 Å². The van der Waals surface area contributed by atoms with Crippen molar-refractivity contribution in [1.82, 2.24) is 4.90 Å². The lowest BCUT2D eigenvalue weighted by Gasteiger charge is -2.18. The molecule has 3 N–H and O–H groups in total. The number of carbonyl (C=O) groups is 1. The Hall–Kier alpha value is -1.31. The van der Waals surface area contributed by atoms with Crippen LogP contribution in [0, 0.1) is 0 Å². The fourth-order valence-electron chi connectivity index (χ4n) is 2.19. The van der Waals surface area contributed by atoms with E-state index in [0.29, 0.717) is 35.9 Å². The van der Waals surface area contributed by atoms with Gasteiger partial charge < -0.3 is 11.1 Å². The summed E-state index contributed by atoms with van der Waals surface area (Å²) in [5, 5.41) is 3.22. The predicted octanol–water partition coefficient (Wildman–Crippen LogP) is 0.981. The molecule has 0 atom stereocenters. The van der Waals surface area contributed by atoms with Gasteiger partial charge in [0, 0.05) is 11.6 Å². The number of rotatable bonds is 3. The maximum atomic E-state index is 12.0. The number of nitrogens with two attached hydrogens (primary N) is 1. The first-order valence-electron chi connectivity index (χ1n) is 6.63. The number of halogens is 1. The summed E-state index contributed by atoms with van der Waals surface area (Å²) in [5.41, 5.74) is 6.68. The van der Waals surface area contributed by atoms with E-state index in [0.717, 1.165) is 0 Å². The van der Waals surface area contributed by atoms with Crippen LogP contribution in [0.4, 0.5) is 11.4 Å². The minimum Gasteiger partial charge on any atom is -0.397 e. The van der Waals surface area contributed by atoms with Crippen LogP contribution in [0.3, 0.4) is 0 Å². The first kappa shape index (κ1) is 16.1. The molecule has 0 unspecified atom stereocenters. The largest absolute Gasteiger partial charge is 0.397 e. The highest BCUT2D eigenvalue weighted by Gasteiger charge is 2.20. The second kappa shape index (κ2) is 6.64. The summed E-state index contributed by atoms with van der Waals surface area (Å²) in [4.78, 5) is 13.8. The number of sulfone groups is 1. The summed E-state index contributed by atoms with van der Waals surface area (Å²) in [6.45, 7) is 1.13. The molecule has 0 saturated carbocycles. The van der Waals surface area contributed by atoms with Gasteiger partial charge in [0.05, 0.1) is 29.4 Å². The van der Waals surface area contributed by atoms with Gasteiger partial charge in [-0.25, -0.2) is 8.42 Å². The van der Waals surface area contributed by atoms with Crippen LogP contribution in [0.1, 0.15) is 6.42 Å². The molecule has 6 nitrogen and oxygen atoms in total. The number of benzene rings is 1. The molecule has 1 aromatic rings. The van der Waals surface area contributed by atoms with E-state index in [9.17, 15) is 13.2 Å². The Morgan fingerprint density at radius 3 is 2.81 bits per heavy atom. The normalized spacial score (nSPS) is 18.9. The van der Waals surface area contributed by atoms with Gasteiger partial charge in [-0.2, -0.15) is 0 Å². The van der Waals surface area contributed by atoms with E-state index >= 15 is 0 Å². The summed E-state index contributed by atoms with van der Waals surface area (Å²) in [7, 11) is -2.97. The molecular weight excluding hydrogens is 314 g/mol. The molecule has 1 aliphatic heterocycles. The van der Waals surface area contributed by atoms with Gasteiger partial charge in [0.1, 0.15) is 0 Å². The van der Waals surface area contributed by atoms with Gasteiger partial charge >= 0.3 is 0 Å². The van der Waals surface area contributed by atoms with Crippen LogP contribution in [0.2, 0.25) is 5.02 Å². The van der Waals surface area contributed by atoms with Gasteiger partial charge in [0.25, 0.3) is 0 Å². The Morgan fingerprint density at radius 1 is 1.33 bits per heavy atom. The van der Waals surface area contributed by atoms with E-state index in [1.54, 1.807) is 18.2 Å². The van der Waals surface area contributed by atoms with Crippen molar-refractivity contribution in [3.63, 3.8) is 0 Å². The molecule has 0 spiro atoms. The standard InChI is InChI=1S/C13H18ClN3O3S/c14-10-2-3-12(11(15)8-10)16-13(18)9-17-4-1-6-21(19,20)7-5-17/h2-3,8H,1,4-7,9,15H2,(H,16,18). The molecule has 116 valence electrons. The molecule has 1 heterocycles. The highest BCUT2D eigenvalue weighted by Crippen LogP contribution is 2.22. The lowest BCUT2D eigenvalue weighted by Crippen LogP contribution is -2.35. The third kappa shape index (κ3) is 4.87. The number of amides is 1. The first-order valence-corrected chi connectivity index (χ1v) is 8.83. The Bertz CT molecular complexity index is 634. The van der Waals surface area contributed by atoms with Gasteiger partial charge in [0.2, 0.25) is 5.91 Å². The number of hydrogen-bond acceptors (Lipinski definition) is 5. The number of anilines is 2. The van der Waals surface area contributed by atoms with E-state index < -0.39 is 9.84 Å². The van der Waals surface area contributed by atoms with Crippen molar-refractivity contribution in [2.45, 2.75) is 6.42 Å². The monoisotopic (exact) mass is 331 g/mol. The van der Waals surface area contributed by atoms with Gasteiger partial charge in [-0.05, 0) is 31.2 Å². The molecule has 1 fully saturated rings. The van der Waals surface area contributed by atoms with Crippen LogP contribution < -0.4 is 11.1 Å². The molecule has 1 aliphatic rings. The molecular formula is C13H18ClN3O3S. The highest BCUT2D eigenvalue weighted by molar-refractivity contribution is 7.91. The van der Waals surface area contributed by atoms with Crippen molar-refractivity contribution < 1.29 is 13.2 Å². The van der Waals surface area contributed by atoms with E-state index in [4.69, 9.17) is 17.3 Å². The molecule has 1 amide bonds. The third-order valence-corrected chi connectivity index (χ3v) is 5.25. The topological polar surface area (TPSA) is 92.5 Å². The van der Waals surface area contributed by atoms with Crippen molar-refractivity contribution in [2.75, 3.05) is 42.2 Å². The number of carbonyl (C=O) groups excluding carboxylic acids is 1. The lowest BCUT2D eigenvalue weighted by atomic mass is 10.2. The highest BCUT2D eigenvalue weighted by atomic mass is 35.5. The molecule has 2 rings (SSSR count). The molecule has 0 bridgehead atoms. The zero-order valence-corrected chi connectivity index (χ0v) is 13.1. The Labute approximate surface area is 129 Å². The van der Waals surface area contributed by atoms with Crippen molar-refractivity contribution in [1.29, 1.82) is 0 Å². The molecule has 1 aromatic carbocycles. The van der Waals surface area contributed by atoms with Crippen LogP contribution in [0.5, 0.6) is 0 Å². The summed E-state index contributed by atoms with van der Waals surface area (Å²) in [6, 6.07) is 4.85. The Morgan fingerprint density at radius 2 is 2.10 bits per heavy atom. The van der Waals surface area contributed by atoms with Gasteiger partial charge in [-0.1, -0.05) is 11.6 Å². The molecule has 1 saturated heterocycles.